The highest BCUT2D eigenvalue weighted by atomic mass is 16.2. The van der Waals surface area contributed by atoms with E-state index in [-0.39, 0.29) is 23.6 Å². The van der Waals surface area contributed by atoms with E-state index in [9.17, 15) is 14.4 Å². The molecule has 7 heteroatoms. The van der Waals surface area contributed by atoms with Gasteiger partial charge in [-0.15, -0.1) is 0 Å². The lowest BCUT2D eigenvalue weighted by Gasteiger charge is -2.33. The molecule has 0 bridgehead atoms. The molecular weight excluding hydrogens is 392 g/mol. The van der Waals surface area contributed by atoms with Gasteiger partial charge in [-0.2, -0.15) is 0 Å². The van der Waals surface area contributed by atoms with Crippen molar-refractivity contribution in [3.05, 3.63) is 29.6 Å². The third kappa shape index (κ3) is 4.91. The largest absolute Gasteiger partial charge is 0.342 e. The number of nitrogens with zero attached hydrogens (tertiary/aromatic N) is 4. The van der Waals surface area contributed by atoms with Gasteiger partial charge in [0, 0.05) is 63.5 Å². The Morgan fingerprint density at radius 3 is 2.42 bits per heavy atom. The number of carbonyl (C=O) groups is 3. The monoisotopic (exact) mass is 426 g/mol. The van der Waals surface area contributed by atoms with Gasteiger partial charge >= 0.3 is 0 Å². The van der Waals surface area contributed by atoms with E-state index in [1.165, 1.54) is 6.42 Å². The van der Waals surface area contributed by atoms with Crippen LogP contribution in [0, 0.1) is 5.92 Å². The Labute approximate surface area is 184 Å². The van der Waals surface area contributed by atoms with Crippen LogP contribution in [0.25, 0.3) is 0 Å². The van der Waals surface area contributed by atoms with E-state index in [4.69, 9.17) is 0 Å². The number of hydrogen-bond acceptors (Lipinski definition) is 4. The van der Waals surface area contributed by atoms with Crippen LogP contribution >= 0.6 is 0 Å². The predicted octanol–water partition coefficient (Wildman–Crippen LogP) is 2.67. The molecule has 168 valence electrons. The summed E-state index contributed by atoms with van der Waals surface area (Å²) in [5.74, 6) is 0.445. The molecule has 0 aliphatic carbocycles. The molecule has 31 heavy (non-hydrogen) atoms. The van der Waals surface area contributed by atoms with Gasteiger partial charge in [0.25, 0.3) is 5.91 Å². The van der Waals surface area contributed by atoms with Crippen LogP contribution in [-0.2, 0) is 9.59 Å². The molecule has 0 aromatic carbocycles. The molecule has 1 unspecified atom stereocenters. The van der Waals surface area contributed by atoms with E-state index in [0.29, 0.717) is 37.5 Å². The summed E-state index contributed by atoms with van der Waals surface area (Å²) in [6, 6.07) is 3.89. The molecule has 1 aromatic heterocycles. The van der Waals surface area contributed by atoms with Crippen LogP contribution in [0.15, 0.2) is 18.3 Å². The van der Waals surface area contributed by atoms with E-state index >= 15 is 0 Å². The molecule has 3 aliphatic rings. The lowest BCUT2D eigenvalue weighted by atomic mass is 9.92. The second kappa shape index (κ2) is 9.79. The van der Waals surface area contributed by atoms with Gasteiger partial charge in [0.2, 0.25) is 11.8 Å². The number of rotatable bonds is 5. The molecule has 0 saturated carbocycles. The minimum absolute atomic E-state index is 0.0855. The third-order valence-corrected chi connectivity index (χ3v) is 6.96. The topological polar surface area (TPSA) is 73.8 Å². The van der Waals surface area contributed by atoms with Crippen molar-refractivity contribution in [3.8, 4) is 0 Å². The van der Waals surface area contributed by atoms with Crippen LogP contribution in [0.5, 0.6) is 0 Å². The summed E-state index contributed by atoms with van der Waals surface area (Å²) in [6.07, 6.45) is 8.11. The van der Waals surface area contributed by atoms with Crippen LogP contribution in [0.1, 0.15) is 73.8 Å². The second-order valence-corrected chi connectivity index (χ2v) is 9.16. The molecule has 0 spiro atoms. The Morgan fingerprint density at radius 2 is 1.77 bits per heavy atom. The molecule has 3 fully saturated rings. The standard InChI is InChI=1S/C24H34N4O3/c1-2-10-28-17-20(15-22(28)29)24(31)27-13-8-18(9-14-27)21-7-6-19(16-25-21)23(30)26-11-4-3-5-12-26/h6-7,16,18,20H,2-5,8-15,17H2,1H3. The van der Waals surface area contributed by atoms with Crippen LogP contribution in [0.2, 0.25) is 0 Å². The second-order valence-electron chi connectivity index (χ2n) is 9.16. The summed E-state index contributed by atoms with van der Waals surface area (Å²) in [6.45, 7) is 6.46. The minimum Gasteiger partial charge on any atom is -0.342 e. The lowest BCUT2D eigenvalue weighted by molar-refractivity contribution is -0.136. The fourth-order valence-corrected chi connectivity index (χ4v) is 5.13. The first-order valence-electron chi connectivity index (χ1n) is 11.9. The molecule has 1 atom stereocenters. The van der Waals surface area contributed by atoms with Gasteiger partial charge in [-0.05, 0) is 50.7 Å². The fourth-order valence-electron chi connectivity index (χ4n) is 5.13. The van der Waals surface area contributed by atoms with Gasteiger partial charge in [-0.3, -0.25) is 19.4 Å². The number of carbonyl (C=O) groups excluding carboxylic acids is 3. The Bertz CT molecular complexity index is 796. The first kappa shape index (κ1) is 21.8. The Kier molecular flexibility index (Phi) is 6.88. The van der Waals surface area contributed by atoms with E-state index in [1.807, 2.05) is 26.8 Å². The molecule has 3 saturated heterocycles. The maximum Gasteiger partial charge on any atom is 0.255 e. The summed E-state index contributed by atoms with van der Waals surface area (Å²) in [5.41, 5.74) is 1.67. The number of hydrogen-bond donors (Lipinski definition) is 0. The molecule has 0 N–H and O–H groups in total. The molecular formula is C24H34N4O3. The number of amides is 3. The third-order valence-electron chi connectivity index (χ3n) is 6.96. The molecule has 1 aromatic rings. The first-order valence-corrected chi connectivity index (χ1v) is 11.9. The predicted molar refractivity (Wildman–Crippen MR) is 118 cm³/mol. The SMILES string of the molecule is CCCN1CC(C(=O)N2CCC(c3ccc(C(=O)N4CCCCC4)cn3)CC2)CC1=O. The summed E-state index contributed by atoms with van der Waals surface area (Å²) in [4.78, 5) is 47.9. The summed E-state index contributed by atoms with van der Waals surface area (Å²) < 4.78 is 0. The van der Waals surface area contributed by atoms with Crippen LogP contribution in [0.4, 0.5) is 0 Å². The summed E-state index contributed by atoms with van der Waals surface area (Å²) in [7, 11) is 0. The minimum atomic E-state index is -0.186. The number of likely N-dealkylation sites (tertiary alicyclic amines) is 3. The van der Waals surface area contributed by atoms with Gasteiger partial charge in [0.05, 0.1) is 11.5 Å². The highest BCUT2D eigenvalue weighted by molar-refractivity contribution is 5.94. The van der Waals surface area contributed by atoms with E-state index in [0.717, 1.165) is 57.4 Å². The van der Waals surface area contributed by atoms with Crippen molar-refractivity contribution in [1.82, 2.24) is 19.7 Å². The van der Waals surface area contributed by atoms with E-state index in [2.05, 4.69) is 11.9 Å². The van der Waals surface area contributed by atoms with Gasteiger partial charge in [0.15, 0.2) is 0 Å². The highest BCUT2D eigenvalue weighted by Gasteiger charge is 2.37. The van der Waals surface area contributed by atoms with Crippen molar-refractivity contribution in [2.24, 2.45) is 5.92 Å². The highest BCUT2D eigenvalue weighted by Crippen LogP contribution is 2.29. The lowest BCUT2D eigenvalue weighted by Crippen LogP contribution is -2.42. The van der Waals surface area contributed by atoms with Crippen LogP contribution < -0.4 is 0 Å². The first-order chi connectivity index (χ1) is 15.1. The van der Waals surface area contributed by atoms with Gasteiger partial charge < -0.3 is 14.7 Å². The van der Waals surface area contributed by atoms with Crippen molar-refractivity contribution >= 4 is 17.7 Å². The Morgan fingerprint density at radius 1 is 1.03 bits per heavy atom. The molecule has 7 nitrogen and oxygen atoms in total. The summed E-state index contributed by atoms with van der Waals surface area (Å²) in [5, 5.41) is 0. The number of piperidine rings is 2. The molecule has 4 heterocycles. The van der Waals surface area contributed by atoms with E-state index in [1.54, 1.807) is 6.20 Å². The normalized spacial score (nSPS) is 22.8. The zero-order valence-corrected chi connectivity index (χ0v) is 18.6. The fraction of sp³-hybridized carbons (Fsp3) is 0.667. The van der Waals surface area contributed by atoms with Crippen molar-refractivity contribution in [2.75, 3.05) is 39.3 Å². The Hall–Kier alpha value is -2.44. The average molecular weight is 427 g/mol. The van der Waals surface area contributed by atoms with Crippen molar-refractivity contribution in [2.45, 2.75) is 57.8 Å². The zero-order chi connectivity index (χ0) is 21.8. The van der Waals surface area contributed by atoms with Gasteiger partial charge in [0.1, 0.15) is 0 Å². The van der Waals surface area contributed by atoms with Crippen LogP contribution in [0.3, 0.4) is 0 Å². The van der Waals surface area contributed by atoms with Gasteiger partial charge in [-0.1, -0.05) is 6.92 Å². The molecule has 0 radical (unpaired) electrons. The van der Waals surface area contributed by atoms with Crippen molar-refractivity contribution < 1.29 is 14.4 Å². The maximum absolute atomic E-state index is 12.9. The molecule has 3 amide bonds. The number of pyridine rings is 1. The van der Waals surface area contributed by atoms with Crippen LogP contribution in [-0.4, -0.2) is 76.7 Å². The molecule has 3 aliphatic heterocycles. The summed E-state index contributed by atoms with van der Waals surface area (Å²) >= 11 is 0. The number of aromatic nitrogens is 1. The quantitative estimate of drug-likeness (QED) is 0.726. The Balaban J connectivity index is 1.29. The zero-order valence-electron chi connectivity index (χ0n) is 18.6. The average Bonchev–Trinajstić information content (AvgIpc) is 3.19. The smallest absolute Gasteiger partial charge is 0.255 e. The van der Waals surface area contributed by atoms with Crippen molar-refractivity contribution in [1.29, 1.82) is 0 Å². The molecule has 4 rings (SSSR count). The maximum atomic E-state index is 12.9. The van der Waals surface area contributed by atoms with E-state index < -0.39 is 0 Å². The van der Waals surface area contributed by atoms with Gasteiger partial charge in [-0.25, -0.2) is 0 Å². The van der Waals surface area contributed by atoms with Crippen molar-refractivity contribution in [3.63, 3.8) is 0 Å².